The van der Waals surface area contributed by atoms with Crippen LogP contribution in [0.2, 0.25) is 0 Å². The molecule has 0 aliphatic heterocycles. The van der Waals surface area contributed by atoms with Crippen molar-refractivity contribution in [3.05, 3.63) is 17.5 Å². The Morgan fingerprint density at radius 1 is 1.75 bits per heavy atom. The van der Waals surface area contributed by atoms with Crippen LogP contribution in [0.5, 0.6) is 0 Å². The van der Waals surface area contributed by atoms with E-state index in [-0.39, 0.29) is 12.6 Å². The number of rotatable bonds is 3. The van der Waals surface area contributed by atoms with E-state index < -0.39 is 0 Å². The average molecular weight is 169 g/mol. The molecule has 0 aliphatic rings. The van der Waals surface area contributed by atoms with Crippen molar-refractivity contribution in [1.29, 1.82) is 0 Å². The Hall–Kier alpha value is -0.870. The molecule has 0 fully saturated rings. The molecule has 0 saturated carbocycles. The zero-order valence-electron chi connectivity index (χ0n) is 7.49. The summed E-state index contributed by atoms with van der Waals surface area (Å²) in [6.45, 7) is 2.08. The topological polar surface area (TPSA) is 64.1 Å². The molecular weight excluding hydrogens is 154 g/mol. The van der Waals surface area contributed by atoms with Crippen LogP contribution in [-0.4, -0.2) is 21.5 Å². The molecule has 0 saturated heterocycles. The normalized spacial score (nSPS) is 13.3. The SMILES string of the molecule is Cc1cc([C@H](N)CCO)nn1C. The average Bonchev–Trinajstić information content (AvgIpc) is 2.33. The second-order valence-electron chi connectivity index (χ2n) is 2.95. The molecule has 12 heavy (non-hydrogen) atoms. The van der Waals surface area contributed by atoms with Crippen LogP contribution in [0.25, 0.3) is 0 Å². The van der Waals surface area contributed by atoms with Crippen molar-refractivity contribution in [3.8, 4) is 0 Å². The maximum Gasteiger partial charge on any atom is 0.0795 e. The van der Waals surface area contributed by atoms with E-state index in [1.165, 1.54) is 0 Å². The van der Waals surface area contributed by atoms with Crippen LogP contribution in [-0.2, 0) is 7.05 Å². The van der Waals surface area contributed by atoms with E-state index in [0.29, 0.717) is 6.42 Å². The van der Waals surface area contributed by atoms with E-state index in [4.69, 9.17) is 10.8 Å². The fourth-order valence-electron chi connectivity index (χ4n) is 1.06. The fourth-order valence-corrected chi connectivity index (χ4v) is 1.06. The van der Waals surface area contributed by atoms with Crippen molar-refractivity contribution in [2.24, 2.45) is 12.8 Å². The summed E-state index contributed by atoms with van der Waals surface area (Å²) in [5, 5.41) is 12.9. The second kappa shape index (κ2) is 3.69. The van der Waals surface area contributed by atoms with Crippen molar-refractivity contribution in [1.82, 2.24) is 9.78 Å². The molecule has 0 radical (unpaired) electrons. The standard InChI is InChI=1S/C8H15N3O/c1-6-5-8(10-11(6)2)7(9)3-4-12/h5,7,12H,3-4,9H2,1-2H3/t7-/m1/s1. The van der Waals surface area contributed by atoms with Crippen LogP contribution in [0.3, 0.4) is 0 Å². The lowest BCUT2D eigenvalue weighted by atomic mass is 10.1. The number of hydrogen-bond acceptors (Lipinski definition) is 3. The maximum absolute atomic E-state index is 8.66. The molecule has 4 heteroatoms. The molecule has 1 aromatic heterocycles. The van der Waals surface area contributed by atoms with Gasteiger partial charge in [-0.3, -0.25) is 4.68 Å². The maximum atomic E-state index is 8.66. The van der Waals surface area contributed by atoms with Gasteiger partial charge in [-0.2, -0.15) is 5.10 Å². The van der Waals surface area contributed by atoms with Crippen molar-refractivity contribution in [2.45, 2.75) is 19.4 Å². The Kier molecular flexibility index (Phi) is 2.83. The Morgan fingerprint density at radius 2 is 2.42 bits per heavy atom. The molecule has 4 nitrogen and oxygen atoms in total. The summed E-state index contributed by atoms with van der Waals surface area (Å²) in [5.74, 6) is 0. The zero-order chi connectivity index (χ0) is 9.14. The molecule has 3 N–H and O–H groups in total. The third kappa shape index (κ3) is 1.84. The molecule has 1 atom stereocenters. The van der Waals surface area contributed by atoms with Crippen molar-refractivity contribution in [3.63, 3.8) is 0 Å². The Labute approximate surface area is 72.0 Å². The van der Waals surface area contributed by atoms with Gasteiger partial charge in [-0.1, -0.05) is 0 Å². The van der Waals surface area contributed by atoms with Crippen LogP contribution in [0.1, 0.15) is 23.9 Å². The summed E-state index contributed by atoms with van der Waals surface area (Å²) in [4.78, 5) is 0. The van der Waals surface area contributed by atoms with E-state index in [1.807, 2.05) is 20.0 Å². The van der Waals surface area contributed by atoms with E-state index in [0.717, 1.165) is 11.4 Å². The van der Waals surface area contributed by atoms with Crippen LogP contribution in [0.4, 0.5) is 0 Å². The Bertz CT molecular complexity index is 237. The summed E-state index contributed by atoms with van der Waals surface area (Å²) < 4.78 is 1.78. The van der Waals surface area contributed by atoms with E-state index in [1.54, 1.807) is 4.68 Å². The summed E-state index contributed by atoms with van der Waals surface area (Å²) >= 11 is 0. The Morgan fingerprint density at radius 3 is 2.83 bits per heavy atom. The third-order valence-corrected chi connectivity index (χ3v) is 1.95. The van der Waals surface area contributed by atoms with Gasteiger partial charge in [-0.15, -0.1) is 0 Å². The number of nitrogens with two attached hydrogens (primary N) is 1. The van der Waals surface area contributed by atoms with Gasteiger partial charge in [0.2, 0.25) is 0 Å². The first-order valence-corrected chi connectivity index (χ1v) is 4.02. The lowest BCUT2D eigenvalue weighted by Crippen LogP contribution is -2.12. The van der Waals surface area contributed by atoms with Gasteiger partial charge in [-0.05, 0) is 19.4 Å². The molecule has 1 heterocycles. The van der Waals surface area contributed by atoms with Gasteiger partial charge in [0, 0.05) is 19.3 Å². The highest BCUT2D eigenvalue weighted by molar-refractivity contribution is 5.11. The van der Waals surface area contributed by atoms with Gasteiger partial charge in [0.1, 0.15) is 0 Å². The van der Waals surface area contributed by atoms with Gasteiger partial charge in [0.15, 0.2) is 0 Å². The van der Waals surface area contributed by atoms with Gasteiger partial charge in [0.05, 0.1) is 11.7 Å². The molecule has 1 aromatic rings. The number of nitrogens with zero attached hydrogens (tertiary/aromatic N) is 2. The molecule has 68 valence electrons. The summed E-state index contributed by atoms with van der Waals surface area (Å²) in [5.41, 5.74) is 7.68. The highest BCUT2D eigenvalue weighted by atomic mass is 16.3. The lowest BCUT2D eigenvalue weighted by Gasteiger charge is -2.04. The first kappa shape index (κ1) is 9.22. The molecule has 0 bridgehead atoms. The highest BCUT2D eigenvalue weighted by Gasteiger charge is 2.09. The summed E-state index contributed by atoms with van der Waals surface area (Å²) in [6.07, 6.45) is 0.566. The predicted molar refractivity (Wildman–Crippen MR) is 46.6 cm³/mol. The van der Waals surface area contributed by atoms with Crippen LogP contribution >= 0.6 is 0 Å². The van der Waals surface area contributed by atoms with Gasteiger partial charge < -0.3 is 10.8 Å². The van der Waals surface area contributed by atoms with E-state index in [2.05, 4.69) is 5.10 Å². The molecule has 0 aliphatic carbocycles. The molecule has 0 aromatic carbocycles. The van der Waals surface area contributed by atoms with Crippen LogP contribution in [0.15, 0.2) is 6.07 Å². The molecule has 0 amide bonds. The smallest absolute Gasteiger partial charge is 0.0795 e. The molecule has 1 rings (SSSR count). The number of hydrogen-bond donors (Lipinski definition) is 2. The van der Waals surface area contributed by atoms with E-state index >= 15 is 0 Å². The lowest BCUT2D eigenvalue weighted by molar-refractivity contribution is 0.275. The zero-order valence-corrected chi connectivity index (χ0v) is 7.49. The van der Waals surface area contributed by atoms with Gasteiger partial charge >= 0.3 is 0 Å². The molecule has 0 unspecified atom stereocenters. The predicted octanol–water partition coefficient (Wildman–Crippen LogP) is 0.111. The molecule has 0 spiro atoms. The first-order chi connectivity index (χ1) is 5.65. The van der Waals surface area contributed by atoms with Crippen molar-refractivity contribution < 1.29 is 5.11 Å². The summed E-state index contributed by atoms with van der Waals surface area (Å²) in [6, 6.07) is 1.80. The number of aromatic nitrogens is 2. The number of aliphatic hydroxyl groups is 1. The second-order valence-corrected chi connectivity index (χ2v) is 2.95. The van der Waals surface area contributed by atoms with E-state index in [9.17, 15) is 0 Å². The Balaban J connectivity index is 2.74. The number of aryl methyl sites for hydroxylation is 2. The quantitative estimate of drug-likeness (QED) is 0.675. The number of aliphatic hydroxyl groups excluding tert-OH is 1. The highest BCUT2D eigenvalue weighted by Crippen LogP contribution is 2.12. The van der Waals surface area contributed by atoms with Gasteiger partial charge in [0.25, 0.3) is 0 Å². The minimum Gasteiger partial charge on any atom is -0.396 e. The minimum absolute atomic E-state index is 0.108. The minimum atomic E-state index is -0.144. The monoisotopic (exact) mass is 169 g/mol. The first-order valence-electron chi connectivity index (χ1n) is 4.02. The van der Waals surface area contributed by atoms with Crippen molar-refractivity contribution >= 4 is 0 Å². The fraction of sp³-hybridized carbons (Fsp3) is 0.625. The van der Waals surface area contributed by atoms with Crippen molar-refractivity contribution in [2.75, 3.05) is 6.61 Å². The molecular formula is C8H15N3O. The summed E-state index contributed by atoms with van der Waals surface area (Å²) in [7, 11) is 1.88. The third-order valence-electron chi connectivity index (χ3n) is 1.95. The van der Waals surface area contributed by atoms with Crippen LogP contribution < -0.4 is 5.73 Å². The largest absolute Gasteiger partial charge is 0.396 e. The van der Waals surface area contributed by atoms with Gasteiger partial charge in [-0.25, -0.2) is 0 Å². The van der Waals surface area contributed by atoms with Crippen LogP contribution in [0, 0.1) is 6.92 Å².